The van der Waals surface area contributed by atoms with E-state index in [4.69, 9.17) is 23.4 Å². The van der Waals surface area contributed by atoms with Gasteiger partial charge in [-0.15, -0.1) is 0 Å². The topological polar surface area (TPSA) is 113 Å². The molecule has 0 bridgehead atoms. The summed E-state index contributed by atoms with van der Waals surface area (Å²) in [5.41, 5.74) is 2.26. The second kappa shape index (κ2) is 10.9. The van der Waals surface area contributed by atoms with E-state index in [1.54, 1.807) is 51.1 Å². The third-order valence-corrected chi connectivity index (χ3v) is 6.71. The predicted molar refractivity (Wildman–Crippen MR) is 133 cm³/mol. The maximum absolute atomic E-state index is 14.3. The fraction of sp³-hybridized carbons (Fsp3) is 0.393. The van der Waals surface area contributed by atoms with Gasteiger partial charge in [0.05, 0.1) is 45.2 Å². The molecule has 0 fully saturated rings. The van der Waals surface area contributed by atoms with Gasteiger partial charge in [-0.2, -0.15) is 0 Å². The Morgan fingerprint density at radius 3 is 2.46 bits per heavy atom. The van der Waals surface area contributed by atoms with Crippen molar-refractivity contribution in [2.45, 2.75) is 39.0 Å². The average molecular weight is 510 g/mol. The first kappa shape index (κ1) is 26.1. The largest absolute Gasteiger partial charge is 0.497 e. The van der Waals surface area contributed by atoms with Crippen LogP contribution >= 0.6 is 0 Å². The maximum Gasteiger partial charge on any atom is 0.336 e. The molecule has 1 aliphatic heterocycles. The minimum Gasteiger partial charge on any atom is -0.497 e. The smallest absolute Gasteiger partial charge is 0.336 e. The first-order chi connectivity index (χ1) is 17.9. The van der Waals surface area contributed by atoms with Gasteiger partial charge in [-0.05, 0) is 57.5 Å². The molecule has 2 aliphatic rings. The summed E-state index contributed by atoms with van der Waals surface area (Å²) in [6.07, 6.45) is 1.81. The van der Waals surface area contributed by atoms with Gasteiger partial charge in [-0.1, -0.05) is 0 Å². The number of ether oxygens (including phenoxy) is 4. The minimum atomic E-state index is -1.15. The van der Waals surface area contributed by atoms with Crippen LogP contribution in [-0.4, -0.2) is 45.2 Å². The summed E-state index contributed by atoms with van der Waals surface area (Å²) in [6, 6.07) is 8.64. The number of hydrogen-bond donors (Lipinski definition) is 1. The summed E-state index contributed by atoms with van der Waals surface area (Å²) in [5.74, 6) is -2.74. The van der Waals surface area contributed by atoms with Crippen LogP contribution in [0.5, 0.6) is 11.5 Å². The Bertz CT molecular complexity index is 1260. The number of benzene rings is 1. The molecule has 1 N–H and O–H groups in total. The molecular formula is C28H31NO8. The van der Waals surface area contributed by atoms with Gasteiger partial charge in [0.2, 0.25) is 0 Å². The molecule has 0 unspecified atom stereocenters. The summed E-state index contributed by atoms with van der Waals surface area (Å²) in [4.78, 5) is 40.7. The van der Waals surface area contributed by atoms with E-state index in [0.29, 0.717) is 46.2 Å². The summed E-state index contributed by atoms with van der Waals surface area (Å²) >= 11 is 0. The summed E-state index contributed by atoms with van der Waals surface area (Å²) < 4.78 is 27.4. The predicted octanol–water partition coefficient (Wildman–Crippen LogP) is 4.01. The second-order valence-corrected chi connectivity index (χ2v) is 8.74. The quantitative estimate of drug-likeness (QED) is 0.416. The maximum atomic E-state index is 14.3. The van der Waals surface area contributed by atoms with Crippen LogP contribution in [0.2, 0.25) is 0 Å². The molecule has 1 aromatic carbocycles. The number of carbonyl (C=O) groups is 3. The van der Waals surface area contributed by atoms with Gasteiger partial charge >= 0.3 is 11.9 Å². The molecule has 9 nitrogen and oxygen atoms in total. The van der Waals surface area contributed by atoms with Gasteiger partial charge < -0.3 is 28.7 Å². The molecule has 4 rings (SSSR count). The molecule has 196 valence electrons. The monoisotopic (exact) mass is 509 g/mol. The van der Waals surface area contributed by atoms with E-state index in [1.165, 1.54) is 20.5 Å². The molecule has 1 aromatic heterocycles. The lowest BCUT2D eigenvalue weighted by Gasteiger charge is -2.39. The number of esters is 2. The van der Waals surface area contributed by atoms with E-state index in [9.17, 15) is 14.4 Å². The molecule has 0 radical (unpaired) electrons. The number of nitrogens with one attached hydrogen (secondary N) is 1. The van der Waals surface area contributed by atoms with Gasteiger partial charge in [-0.3, -0.25) is 9.59 Å². The Balaban J connectivity index is 1.95. The molecule has 37 heavy (non-hydrogen) atoms. The normalized spacial score (nSPS) is 21.2. The fourth-order valence-corrected chi connectivity index (χ4v) is 5.16. The van der Waals surface area contributed by atoms with Crippen LogP contribution < -0.4 is 14.8 Å². The summed E-state index contributed by atoms with van der Waals surface area (Å²) in [7, 11) is 3.04. The SMILES string of the molecule is CCOC(=O)C1=C(C)NC2=C(C(=O)[C@H](C(=O)OCC)[C@@H](c3ccco3)C2)[C@H]1c1cc(OC)ccc1OC. The van der Waals surface area contributed by atoms with Crippen molar-refractivity contribution in [2.75, 3.05) is 27.4 Å². The van der Waals surface area contributed by atoms with Crippen molar-refractivity contribution in [3.05, 3.63) is 70.5 Å². The van der Waals surface area contributed by atoms with Crippen molar-refractivity contribution in [3.8, 4) is 11.5 Å². The van der Waals surface area contributed by atoms with Crippen LogP contribution in [0.15, 0.2) is 63.6 Å². The van der Waals surface area contributed by atoms with Crippen molar-refractivity contribution < 1.29 is 37.7 Å². The standard InChI is InChI=1S/C28H31NO8/c1-6-35-27(31)22-15(3)29-19-14-18(21-9-8-12-37-21)24(28(32)36-7-2)26(30)25(19)23(22)17-13-16(33-4)10-11-20(17)34-5/h8-13,18,23-24,29H,6-7,14H2,1-5H3/t18-,23+,24-/m1/s1. The molecule has 0 spiro atoms. The third kappa shape index (κ3) is 4.73. The number of methoxy groups -OCH3 is 2. The zero-order valence-corrected chi connectivity index (χ0v) is 21.6. The zero-order chi connectivity index (χ0) is 26.7. The van der Waals surface area contributed by atoms with Crippen molar-refractivity contribution >= 4 is 17.7 Å². The lowest BCUT2D eigenvalue weighted by Crippen LogP contribution is -2.43. The number of rotatable bonds is 8. The lowest BCUT2D eigenvalue weighted by atomic mass is 9.68. The van der Waals surface area contributed by atoms with E-state index in [2.05, 4.69) is 5.32 Å². The Morgan fingerprint density at radius 1 is 1.08 bits per heavy atom. The zero-order valence-electron chi connectivity index (χ0n) is 21.6. The number of dihydropyridines is 1. The van der Waals surface area contributed by atoms with Crippen molar-refractivity contribution in [3.63, 3.8) is 0 Å². The number of allylic oxidation sites excluding steroid dienone is 3. The molecule has 0 saturated heterocycles. The minimum absolute atomic E-state index is 0.123. The van der Waals surface area contributed by atoms with E-state index in [-0.39, 0.29) is 18.8 Å². The number of carbonyl (C=O) groups excluding carboxylic acids is 3. The molecule has 3 atom stereocenters. The van der Waals surface area contributed by atoms with Gasteiger partial charge in [0, 0.05) is 28.4 Å². The average Bonchev–Trinajstić information content (AvgIpc) is 3.42. The summed E-state index contributed by atoms with van der Waals surface area (Å²) in [5, 5.41) is 3.26. The highest BCUT2D eigenvalue weighted by Crippen LogP contribution is 2.50. The van der Waals surface area contributed by atoms with Gasteiger partial charge in [-0.25, -0.2) is 4.79 Å². The van der Waals surface area contributed by atoms with Crippen LogP contribution in [0.3, 0.4) is 0 Å². The van der Waals surface area contributed by atoms with Gasteiger partial charge in [0.1, 0.15) is 23.2 Å². The molecule has 0 saturated carbocycles. The second-order valence-electron chi connectivity index (χ2n) is 8.74. The van der Waals surface area contributed by atoms with Crippen LogP contribution in [0, 0.1) is 5.92 Å². The Labute approximate surface area is 215 Å². The molecular weight excluding hydrogens is 478 g/mol. The van der Waals surface area contributed by atoms with Crippen molar-refractivity contribution in [1.29, 1.82) is 0 Å². The first-order valence-corrected chi connectivity index (χ1v) is 12.2. The lowest BCUT2D eigenvalue weighted by molar-refractivity contribution is -0.152. The van der Waals surface area contributed by atoms with E-state index >= 15 is 0 Å². The van der Waals surface area contributed by atoms with Gasteiger partial charge in [0.15, 0.2) is 5.78 Å². The molecule has 2 heterocycles. The van der Waals surface area contributed by atoms with Crippen molar-refractivity contribution in [1.82, 2.24) is 5.32 Å². The number of ketones is 1. The first-order valence-electron chi connectivity index (χ1n) is 12.2. The number of Topliss-reactive ketones (excluding diaryl/α,β-unsaturated/α-hetero) is 1. The Kier molecular flexibility index (Phi) is 7.71. The third-order valence-electron chi connectivity index (χ3n) is 6.71. The van der Waals surface area contributed by atoms with Crippen LogP contribution in [-0.2, 0) is 23.9 Å². The van der Waals surface area contributed by atoms with E-state index in [0.717, 1.165) is 0 Å². The van der Waals surface area contributed by atoms with Gasteiger partial charge in [0.25, 0.3) is 0 Å². The van der Waals surface area contributed by atoms with Crippen LogP contribution in [0.25, 0.3) is 0 Å². The molecule has 9 heteroatoms. The van der Waals surface area contributed by atoms with E-state index in [1.807, 2.05) is 0 Å². The highest BCUT2D eigenvalue weighted by Gasteiger charge is 2.50. The molecule has 1 aliphatic carbocycles. The number of furan rings is 1. The molecule has 2 aromatic rings. The van der Waals surface area contributed by atoms with Crippen LogP contribution in [0.4, 0.5) is 0 Å². The fourth-order valence-electron chi connectivity index (χ4n) is 5.16. The highest BCUT2D eigenvalue weighted by molar-refractivity contribution is 6.13. The highest BCUT2D eigenvalue weighted by atomic mass is 16.5. The van der Waals surface area contributed by atoms with Crippen LogP contribution in [0.1, 0.15) is 50.4 Å². The summed E-state index contributed by atoms with van der Waals surface area (Å²) in [6.45, 7) is 5.45. The Hall–Kier alpha value is -4.01. The Morgan fingerprint density at radius 2 is 1.84 bits per heavy atom. The number of hydrogen-bond acceptors (Lipinski definition) is 9. The van der Waals surface area contributed by atoms with Crippen molar-refractivity contribution in [2.24, 2.45) is 5.92 Å². The molecule has 0 amide bonds. The van der Waals surface area contributed by atoms with E-state index < -0.39 is 35.5 Å².